The molecule has 26 heavy (non-hydrogen) atoms. The third-order valence-electron chi connectivity index (χ3n) is 4.23. The second-order valence-corrected chi connectivity index (χ2v) is 7.04. The molecule has 1 N–H and O–H groups in total. The summed E-state index contributed by atoms with van der Waals surface area (Å²) < 4.78 is 0. The number of aryl methyl sites for hydroxylation is 1. The molecule has 0 bridgehead atoms. The van der Waals surface area contributed by atoms with Gasteiger partial charge in [-0.05, 0) is 37.1 Å². The molecule has 4 nitrogen and oxygen atoms in total. The number of carbonyl (C=O) groups is 2. The van der Waals surface area contributed by atoms with E-state index in [0.29, 0.717) is 16.6 Å². The number of rotatable bonds is 6. The van der Waals surface area contributed by atoms with Gasteiger partial charge in [0, 0.05) is 13.6 Å². The van der Waals surface area contributed by atoms with Crippen LogP contribution in [0.25, 0.3) is 0 Å². The second kappa shape index (κ2) is 9.06. The minimum absolute atomic E-state index is 0.143. The van der Waals surface area contributed by atoms with Gasteiger partial charge in [0.05, 0.1) is 16.5 Å². The van der Waals surface area contributed by atoms with E-state index in [1.165, 1.54) is 0 Å². The van der Waals surface area contributed by atoms with Gasteiger partial charge in [0.1, 0.15) is 6.04 Å². The van der Waals surface area contributed by atoms with Crippen molar-refractivity contribution in [1.82, 2.24) is 10.2 Å². The number of nitrogens with zero attached hydrogens (tertiary/aromatic N) is 1. The fraction of sp³-hybridized carbons (Fsp3) is 0.300. The van der Waals surface area contributed by atoms with Gasteiger partial charge >= 0.3 is 0 Å². The van der Waals surface area contributed by atoms with Crippen molar-refractivity contribution >= 4 is 35.0 Å². The van der Waals surface area contributed by atoms with E-state index in [9.17, 15) is 9.59 Å². The molecule has 6 heteroatoms. The number of likely N-dealkylation sites (N-methyl/N-ethyl adjacent to an activating group) is 1. The molecule has 1 atom stereocenters. The molecule has 0 aliphatic carbocycles. The van der Waals surface area contributed by atoms with E-state index in [-0.39, 0.29) is 18.2 Å². The summed E-state index contributed by atoms with van der Waals surface area (Å²) in [4.78, 5) is 26.6. The van der Waals surface area contributed by atoms with E-state index in [4.69, 9.17) is 23.2 Å². The van der Waals surface area contributed by atoms with E-state index in [1.807, 2.05) is 31.2 Å². The number of nitrogens with one attached hydrogen (secondary N) is 1. The van der Waals surface area contributed by atoms with Crippen molar-refractivity contribution in [2.45, 2.75) is 32.9 Å². The van der Waals surface area contributed by atoms with E-state index < -0.39 is 6.04 Å². The lowest BCUT2D eigenvalue weighted by Gasteiger charge is -2.28. The van der Waals surface area contributed by atoms with Crippen molar-refractivity contribution in [3.05, 3.63) is 69.2 Å². The van der Waals surface area contributed by atoms with Crippen LogP contribution in [0.2, 0.25) is 10.0 Å². The first-order valence-corrected chi connectivity index (χ1v) is 9.08. The average Bonchev–Trinajstić information content (AvgIpc) is 2.63. The van der Waals surface area contributed by atoms with Gasteiger partial charge in [0.2, 0.25) is 11.8 Å². The molecule has 1 unspecified atom stereocenters. The molecule has 138 valence electrons. The molecule has 2 rings (SSSR count). The van der Waals surface area contributed by atoms with E-state index in [1.54, 1.807) is 37.1 Å². The number of amides is 2. The van der Waals surface area contributed by atoms with Gasteiger partial charge in [-0.25, -0.2) is 0 Å². The molecule has 2 aromatic rings. The van der Waals surface area contributed by atoms with Crippen molar-refractivity contribution in [2.24, 2.45) is 0 Å². The largest absolute Gasteiger partial charge is 0.357 e. The SMILES string of the molecule is CNC(=O)C(C)N(Cc1ccc(C)cc1)C(=O)Cc1ccc(Cl)c(Cl)c1. The first kappa shape index (κ1) is 20.3. The van der Waals surface area contributed by atoms with E-state index >= 15 is 0 Å². The number of hydrogen-bond acceptors (Lipinski definition) is 2. The van der Waals surface area contributed by atoms with Gasteiger partial charge in [-0.1, -0.05) is 59.1 Å². The zero-order valence-electron chi connectivity index (χ0n) is 15.1. The predicted molar refractivity (Wildman–Crippen MR) is 105 cm³/mol. The maximum Gasteiger partial charge on any atom is 0.242 e. The van der Waals surface area contributed by atoms with Gasteiger partial charge in [-0.2, -0.15) is 0 Å². The van der Waals surface area contributed by atoms with Crippen molar-refractivity contribution < 1.29 is 9.59 Å². The van der Waals surface area contributed by atoms with Crippen LogP contribution in [-0.4, -0.2) is 29.8 Å². The Hall–Kier alpha value is -2.04. The molecule has 0 saturated carbocycles. The summed E-state index contributed by atoms with van der Waals surface area (Å²) in [6, 6.07) is 12.4. The number of halogens is 2. The van der Waals surface area contributed by atoms with Crippen LogP contribution in [0.5, 0.6) is 0 Å². The lowest BCUT2D eigenvalue weighted by Crippen LogP contribution is -2.47. The Labute approximate surface area is 164 Å². The Morgan fingerprint density at radius 1 is 1.04 bits per heavy atom. The lowest BCUT2D eigenvalue weighted by atomic mass is 10.1. The normalized spacial score (nSPS) is 11.7. The summed E-state index contributed by atoms with van der Waals surface area (Å²) >= 11 is 12.0. The highest BCUT2D eigenvalue weighted by Gasteiger charge is 2.25. The minimum atomic E-state index is -0.587. The highest BCUT2D eigenvalue weighted by Crippen LogP contribution is 2.23. The third-order valence-corrected chi connectivity index (χ3v) is 4.97. The van der Waals surface area contributed by atoms with Crippen LogP contribution in [0.4, 0.5) is 0 Å². The lowest BCUT2D eigenvalue weighted by molar-refractivity contribution is -0.139. The quantitative estimate of drug-likeness (QED) is 0.806. The fourth-order valence-electron chi connectivity index (χ4n) is 2.61. The Kier molecular flexibility index (Phi) is 7.06. The summed E-state index contributed by atoms with van der Waals surface area (Å²) in [6.45, 7) is 4.08. The molecule has 0 aliphatic rings. The van der Waals surface area contributed by atoms with Crippen LogP contribution in [-0.2, 0) is 22.6 Å². The van der Waals surface area contributed by atoms with Crippen LogP contribution < -0.4 is 5.32 Å². The second-order valence-electron chi connectivity index (χ2n) is 6.22. The smallest absolute Gasteiger partial charge is 0.242 e. The molecule has 0 aromatic heterocycles. The standard InChI is InChI=1S/C20H22Cl2N2O2/c1-13-4-6-15(7-5-13)12-24(14(2)20(26)23-3)19(25)11-16-8-9-17(21)18(22)10-16/h4-10,14H,11-12H2,1-3H3,(H,23,26). The topological polar surface area (TPSA) is 49.4 Å². The monoisotopic (exact) mass is 392 g/mol. The van der Waals surface area contributed by atoms with Crippen LogP contribution in [0.15, 0.2) is 42.5 Å². The highest BCUT2D eigenvalue weighted by molar-refractivity contribution is 6.42. The molecule has 2 aromatic carbocycles. The molecule has 0 saturated heterocycles. The zero-order chi connectivity index (χ0) is 19.3. The van der Waals surface area contributed by atoms with Crippen LogP contribution in [0.3, 0.4) is 0 Å². The first-order valence-electron chi connectivity index (χ1n) is 8.32. The summed E-state index contributed by atoms with van der Waals surface area (Å²) in [5, 5.41) is 3.45. The number of benzene rings is 2. The third kappa shape index (κ3) is 5.23. The Morgan fingerprint density at radius 3 is 2.23 bits per heavy atom. The Morgan fingerprint density at radius 2 is 1.65 bits per heavy atom. The molecule has 0 spiro atoms. The fourth-order valence-corrected chi connectivity index (χ4v) is 2.93. The molecule has 0 aliphatic heterocycles. The molecule has 0 fully saturated rings. The maximum atomic E-state index is 12.9. The molecule has 0 radical (unpaired) electrons. The van der Waals surface area contributed by atoms with Gasteiger partial charge < -0.3 is 10.2 Å². The number of carbonyl (C=O) groups excluding carboxylic acids is 2. The summed E-state index contributed by atoms with van der Waals surface area (Å²) in [5.74, 6) is -0.361. The molecule has 2 amide bonds. The van der Waals surface area contributed by atoms with Gasteiger partial charge in [0.25, 0.3) is 0 Å². The van der Waals surface area contributed by atoms with Crippen molar-refractivity contribution in [2.75, 3.05) is 7.05 Å². The van der Waals surface area contributed by atoms with Crippen molar-refractivity contribution in [3.63, 3.8) is 0 Å². The van der Waals surface area contributed by atoms with E-state index in [0.717, 1.165) is 16.7 Å². The maximum absolute atomic E-state index is 12.9. The highest BCUT2D eigenvalue weighted by atomic mass is 35.5. The summed E-state index contributed by atoms with van der Waals surface area (Å²) in [7, 11) is 1.56. The molecule has 0 heterocycles. The van der Waals surface area contributed by atoms with Crippen LogP contribution >= 0.6 is 23.2 Å². The predicted octanol–water partition coefficient (Wildman–Crippen LogP) is 4.01. The minimum Gasteiger partial charge on any atom is -0.357 e. The van der Waals surface area contributed by atoms with Crippen molar-refractivity contribution in [3.8, 4) is 0 Å². The number of hydrogen-bond donors (Lipinski definition) is 1. The van der Waals surface area contributed by atoms with Crippen molar-refractivity contribution in [1.29, 1.82) is 0 Å². The zero-order valence-corrected chi connectivity index (χ0v) is 16.6. The van der Waals surface area contributed by atoms with Crippen LogP contribution in [0, 0.1) is 6.92 Å². The summed E-state index contributed by atoms with van der Waals surface area (Å²) in [6.07, 6.45) is 0.143. The first-order chi connectivity index (χ1) is 12.3. The van der Waals surface area contributed by atoms with Gasteiger partial charge in [0.15, 0.2) is 0 Å². The van der Waals surface area contributed by atoms with Crippen LogP contribution in [0.1, 0.15) is 23.6 Å². The van der Waals surface area contributed by atoms with Gasteiger partial charge in [-0.15, -0.1) is 0 Å². The molecular formula is C20H22Cl2N2O2. The molecular weight excluding hydrogens is 371 g/mol. The Bertz CT molecular complexity index is 791. The Balaban J connectivity index is 2.23. The summed E-state index contributed by atoms with van der Waals surface area (Å²) in [5.41, 5.74) is 2.86. The van der Waals surface area contributed by atoms with Gasteiger partial charge in [-0.3, -0.25) is 9.59 Å². The van der Waals surface area contributed by atoms with E-state index in [2.05, 4.69) is 5.32 Å². The average molecular weight is 393 g/mol.